The summed E-state index contributed by atoms with van der Waals surface area (Å²) < 4.78 is 5.58. The molecule has 0 unspecified atom stereocenters. The van der Waals surface area contributed by atoms with Gasteiger partial charge in [-0.05, 0) is 35.2 Å². The van der Waals surface area contributed by atoms with Gasteiger partial charge < -0.3 is 9.64 Å². The lowest BCUT2D eigenvalue weighted by Crippen LogP contribution is -2.23. The Kier molecular flexibility index (Phi) is 2.96. The third kappa shape index (κ3) is 1.92. The topological polar surface area (TPSA) is 29.5 Å². The summed E-state index contributed by atoms with van der Waals surface area (Å²) in [6.45, 7) is 5.69. The van der Waals surface area contributed by atoms with Crippen LogP contribution in [0.2, 0.25) is 0 Å². The molecule has 0 fully saturated rings. The fourth-order valence-electron chi connectivity index (χ4n) is 3.35. The Morgan fingerprint density at radius 3 is 2.59 bits per heavy atom. The predicted molar refractivity (Wildman–Crippen MR) is 86.7 cm³/mol. The van der Waals surface area contributed by atoms with E-state index in [1.54, 1.807) is 0 Å². The summed E-state index contributed by atoms with van der Waals surface area (Å²) in [6, 6.07) is 12.4. The molecule has 0 atom stereocenters. The molecule has 0 radical (unpaired) electrons. The summed E-state index contributed by atoms with van der Waals surface area (Å²) in [5.41, 5.74) is 5.33. The van der Waals surface area contributed by atoms with E-state index in [-0.39, 0.29) is 5.91 Å². The Morgan fingerprint density at radius 2 is 1.86 bits per heavy atom. The van der Waals surface area contributed by atoms with Crippen molar-refractivity contribution in [3.63, 3.8) is 0 Å². The van der Waals surface area contributed by atoms with Gasteiger partial charge in [0.15, 0.2) is 0 Å². The second-order valence-corrected chi connectivity index (χ2v) is 6.31. The van der Waals surface area contributed by atoms with Crippen LogP contribution in [0.5, 0.6) is 5.75 Å². The zero-order valence-corrected chi connectivity index (χ0v) is 12.9. The van der Waals surface area contributed by atoms with Gasteiger partial charge >= 0.3 is 0 Å². The van der Waals surface area contributed by atoms with Gasteiger partial charge in [-0.1, -0.05) is 32.0 Å². The van der Waals surface area contributed by atoms with Gasteiger partial charge in [0.25, 0.3) is 5.91 Å². The Bertz CT molecular complexity index is 747. The first-order valence-electron chi connectivity index (χ1n) is 7.84. The number of hydrogen-bond donors (Lipinski definition) is 0. The highest BCUT2D eigenvalue weighted by molar-refractivity contribution is 6.11. The summed E-state index contributed by atoms with van der Waals surface area (Å²) >= 11 is 0. The van der Waals surface area contributed by atoms with E-state index in [9.17, 15) is 4.79 Å². The third-order valence-electron chi connectivity index (χ3n) is 4.62. The molecule has 2 aliphatic heterocycles. The Hall–Kier alpha value is -2.29. The first-order valence-corrected chi connectivity index (χ1v) is 7.84. The average molecular weight is 293 g/mol. The molecule has 0 N–H and O–H groups in total. The van der Waals surface area contributed by atoms with E-state index in [2.05, 4.69) is 38.1 Å². The van der Waals surface area contributed by atoms with E-state index < -0.39 is 0 Å². The van der Waals surface area contributed by atoms with E-state index in [1.807, 2.05) is 17.0 Å². The molecule has 4 rings (SSSR count). The van der Waals surface area contributed by atoms with Gasteiger partial charge in [0, 0.05) is 17.7 Å². The van der Waals surface area contributed by atoms with Crippen LogP contribution < -0.4 is 9.64 Å². The second-order valence-electron chi connectivity index (χ2n) is 6.31. The molecule has 2 aromatic rings. The van der Waals surface area contributed by atoms with Crippen LogP contribution in [-0.4, -0.2) is 12.5 Å². The number of carbonyl (C=O) groups is 1. The molecular formula is C19H19NO2. The maximum absolute atomic E-state index is 12.8. The van der Waals surface area contributed by atoms with Crippen molar-refractivity contribution < 1.29 is 9.53 Å². The lowest BCUT2D eigenvalue weighted by Gasteiger charge is -2.17. The minimum absolute atomic E-state index is 0.106. The number of hydrogen-bond acceptors (Lipinski definition) is 2. The van der Waals surface area contributed by atoms with Crippen molar-refractivity contribution in [3.8, 4) is 5.75 Å². The number of amides is 1. The highest BCUT2D eigenvalue weighted by atomic mass is 16.5. The number of fused-ring (bicyclic) bond motifs is 3. The number of benzene rings is 2. The molecule has 22 heavy (non-hydrogen) atoms. The summed E-state index contributed by atoms with van der Waals surface area (Å²) in [7, 11) is 0. The molecule has 112 valence electrons. The molecule has 2 aliphatic rings. The maximum Gasteiger partial charge on any atom is 0.259 e. The molecule has 0 bridgehead atoms. The van der Waals surface area contributed by atoms with E-state index in [0.29, 0.717) is 19.1 Å². The van der Waals surface area contributed by atoms with Crippen LogP contribution in [0.25, 0.3) is 0 Å². The van der Waals surface area contributed by atoms with E-state index in [1.165, 1.54) is 5.56 Å². The SMILES string of the molecule is CC(C)c1ccc(N2Cc3ccc4c(c3C2=O)CCO4)cc1. The van der Waals surface area contributed by atoms with E-state index >= 15 is 0 Å². The summed E-state index contributed by atoms with van der Waals surface area (Å²) in [5, 5.41) is 0. The second kappa shape index (κ2) is 4.87. The minimum Gasteiger partial charge on any atom is -0.493 e. The van der Waals surface area contributed by atoms with Gasteiger partial charge in [0.1, 0.15) is 5.75 Å². The number of ether oxygens (including phenoxy) is 1. The molecule has 0 spiro atoms. The van der Waals surface area contributed by atoms with Crippen molar-refractivity contribution >= 4 is 11.6 Å². The Balaban J connectivity index is 1.70. The van der Waals surface area contributed by atoms with Crippen molar-refractivity contribution in [1.82, 2.24) is 0 Å². The van der Waals surface area contributed by atoms with E-state index in [4.69, 9.17) is 4.74 Å². The van der Waals surface area contributed by atoms with Crippen LogP contribution in [0.4, 0.5) is 5.69 Å². The first-order chi connectivity index (χ1) is 10.6. The van der Waals surface area contributed by atoms with Crippen LogP contribution in [0.3, 0.4) is 0 Å². The summed E-state index contributed by atoms with van der Waals surface area (Å²) in [5.74, 6) is 1.49. The predicted octanol–water partition coefficient (Wildman–Crippen LogP) is 3.91. The van der Waals surface area contributed by atoms with Crippen LogP contribution in [0, 0.1) is 0 Å². The van der Waals surface area contributed by atoms with Crippen molar-refractivity contribution in [2.45, 2.75) is 32.7 Å². The molecule has 0 aromatic heterocycles. The number of carbonyl (C=O) groups excluding carboxylic acids is 1. The van der Waals surface area contributed by atoms with Gasteiger partial charge in [-0.15, -0.1) is 0 Å². The van der Waals surface area contributed by atoms with Gasteiger partial charge in [0.2, 0.25) is 0 Å². The lowest BCUT2D eigenvalue weighted by atomic mass is 10.0. The molecular weight excluding hydrogens is 274 g/mol. The Morgan fingerprint density at radius 1 is 1.09 bits per heavy atom. The smallest absolute Gasteiger partial charge is 0.259 e. The molecule has 0 saturated carbocycles. The highest BCUT2D eigenvalue weighted by Gasteiger charge is 2.33. The van der Waals surface area contributed by atoms with Gasteiger partial charge in [0.05, 0.1) is 18.7 Å². The largest absolute Gasteiger partial charge is 0.493 e. The van der Waals surface area contributed by atoms with Gasteiger partial charge in [-0.25, -0.2) is 0 Å². The lowest BCUT2D eigenvalue weighted by molar-refractivity contribution is 0.0996. The van der Waals surface area contributed by atoms with Gasteiger partial charge in [-0.3, -0.25) is 4.79 Å². The normalized spacial score (nSPS) is 16.0. The van der Waals surface area contributed by atoms with Crippen molar-refractivity contribution in [2.75, 3.05) is 11.5 Å². The fraction of sp³-hybridized carbons (Fsp3) is 0.316. The fourth-order valence-corrected chi connectivity index (χ4v) is 3.35. The molecule has 0 saturated heterocycles. The molecule has 2 heterocycles. The highest BCUT2D eigenvalue weighted by Crippen LogP contribution is 2.37. The number of rotatable bonds is 2. The standard InChI is InChI=1S/C19H19NO2/c1-12(2)13-3-6-15(7-4-13)20-11-14-5-8-17-16(9-10-22-17)18(14)19(20)21/h3-8,12H,9-11H2,1-2H3. The molecule has 3 heteroatoms. The molecule has 2 aromatic carbocycles. The maximum atomic E-state index is 12.8. The van der Waals surface area contributed by atoms with Crippen LogP contribution in [0.15, 0.2) is 36.4 Å². The minimum atomic E-state index is 0.106. The zero-order valence-electron chi connectivity index (χ0n) is 12.9. The molecule has 1 amide bonds. The number of nitrogens with zero attached hydrogens (tertiary/aromatic N) is 1. The molecule has 0 aliphatic carbocycles. The van der Waals surface area contributed by atoms with Crippen LogP contribution >= 0.6 is 0 Å². The molecule has 3 nitrogen and oxygen atoms in total. The summed E-state index contributed by atoms with van der Waals surface area (Å²) in [6.07, 6.45) is 0.838. The number of anilines is 1. The zero-order chi connectivity index (χ0) is 15.3. The van der Waals surface area contributed by atoms with Crippen molar-refractivity contribution in [1.29, 1.82) is 0 Å². The Labute approximate surface area is 130 Å². The van der Waals surface area contributed by atoms with Crippen molar-refractivity contribution in [2.24, 2.45) is 0 Å². The monoisotopic (exact) mass is 293 g/mol. The first kappa shape index (κ1) is 13.4. The van der Waals surface area contributed by atoms with Crippen LogP contribution in [-0.2, 0) is 13.0 Å². The van der Waals surface area contributed by atoms with Crippen LogP contribution in [0.1, 0.15) is 46.8 Å². The third-order valence-corrected chi connectivity index (χ3v) is 4.62. The average Bonchev–Trinajstić information content (AvgIpc) is 3.11. The van der Waals surface area contributed by atoms with E-state index in [0.717, 1.165) is 34.5 Å². The van der Waals surface area contributed by atoms with Crippen molar-refractivity contribution in [3.05, 3.63) is 58.7 Å². The summed E-state index contributed by atoms with van der Waals surface area (Å²) in [4.78, 5) is 14.7. The quantitative estimate of drug-likeness (QED) is 0.840. The van der Waals surface area contributed by atoms with Gasteiger partial charge in [-0.2, -0.15) is 0 Å².